The minimum absolute atomic E-state index is 0.134. The molecule has 1 heterocycles. The van der Waals surface area contributed by atoms with E-state index in [1.165, 1.54) is 18.2 Å². The Morgan fingerprint density at radius 1 is 1.13 bits per heavy atom. The zero-order valence-electron chi connectivity index (χ0n) is 13.7. The van der Waals surface area contributed by atoms with Gasteiger partial charge in [0.2, 0.25) is 0 Å². The van der Waals surface area contributed by atoms with Crippen molar-refractivity contribution >= 4 is 22.5 Å². The number of hydrogen-bond acceptors (Lipinski definition) is 2. The number of benzene rings is 2. The highest BCUT2D eigenvalue weighted by atomic mass is 16.2. The number of fused-ring (bicyclic) bond motifs is 1. The van der Waals surface area contributed by atoms with Crippen LogP contribution in [0.1, 0.15) is 19.8 Å². The first-order valence-corrected chi connectivity index (χ1v) is 8.47. The van der Waals surface area contributed by atoms with Crippen LogP contribution in [0.25, 0.3) is 10.8 Å². The second kappa shape index (κ2) is 7.47. The molecule has 23 heavy (non-hydrogen) atoms. The van der Waals surface area contributed by atoms with Crippen LogP contribution in [-0.2, 0) is 0 Å². The lowest BCUT2D eigenvalue weighted by atomic mass is 9.99. The third kappa shape index (κ3) is 4.45. The largest absolute Gasteiger partial charge is 0.337 e. The number of carbonyl (C=O) groups excluding carboxylic acids is 1. The number of nitrogens with one attached hydrogen (secondary N) is 2. The van der Waals surface area contributed by atoms with E-state index in [4.69, 9.17) is 0 Å². The molecule has 1 fully saturated rings. The van der Waals surface area contributed by atoms with Crippen molar-refractivity contribution in [2.75, 3.05) is 31.5 Å². The zero-order valence-corrected chi connectivity index (χ0v) is 13.7. The first-order valence-electron chi connectivity index (χ1n) is 8.47. The molecule has 1 aliphatic rings. The summed E-state index contributed by atoms with van der Waals surface area (Å²) in [6.45, 7) is 6.22. The summed E-state index contributed by atoms with van der Waals surface area (Å²) in [6.07, 6.45) is 2.53. The van der Waals surface area contributed by atoms with Crippen molar-refractivity contribution in [3.8, 4) is 0 Å². The van der Waals surface area contributed by atoms with E-state index in [0.717, 1.165) is 36.6 Å². The normalized spacial score (nSPS) is 16.4. The molecule has 122 valence electrons. The van der Waals surface area contributed by atoms with Crippen LogP contribution in [0.5, 0.6) is 0 Å². The number of piperidine rings is 1. The van der Waals surface area contributed by atoms with E-state index in [9.17, 15) is 4.79 Å². The Balaban J connectivity index is 1.45. The summed E-state index contributed by atoms with van der Waals surface area (Å²) in [4.78, 5) is 14.4. The average molecular weight is 311 g/mol. The van der Waals surface area contributed by atoms with Crippen LogP contribution in [0.3, 0.4) is 0 Å². The van der Waals surface area contributed by atoms with Crippen LogP contribution in [0, 0.1) is 5.92 Å². The summed E-state index contributed by atoms with van der Waals surface area (Å²) in [5.74, 6) is 0.843. The second-order valence-electron chi connectivity index (χ2n) is 6.47. The van der Waals surface area contributed by atoms with Crippen molar-refractivity contribution in [3.63, 3.8) is 0 Å². The Morgan fingerprint density at radius 3 is 2.65 bits per heavy atom. The Labute approximate surface area is 137 Å². The van der Waals surface area contributed by atoms with E-state index in [1.807, 2.05) is 30.3 Å². The smallest absolute Gasteiger partial charge is 0.319 e. The highest BCUT2D eigenvalue weighted by Crippen LogP contribution is 2.18. The fraction of sp³-hybridized carbons (Fsp3) is 0.421. The SMILES string of the molecule is CC1CCN(CCNC(=O)Nc2ccc3ccccc3c2)CC1. The van der Waals surface area contributed by atoms with E-state index in [-0.39, 0.29) is 6.03 Å². The van der Waals surface area contributed by atoms with Gasteiger partial charge in [-0.25, -0.2) is 4.79 Å². The lowest BCUT2D eigenvalue weighted by Crippen LogP contribution is -2.40. The van der Waals surface area contributed by atoms with Crippen molar-refractivity contribution in [3.05, 3.63) is 42.5 Å². The van der Waals surface area contributed by atoms with Gasteiger partial charge in [-0.3, -0.25) is 0 Å². The van der Waals surface area contributed by atoms with Crippen molar-refractivity contribution in [1.82, 2.24) is 10.2 Å². The molecule has 0 aromatic heterocycles. The van der Waals surface area contributed by atoms with Gasteiger partial charge in [0.1, 0.15) is 0 Å². The van der Waals surface area contributed by atoms with E-state index in [0.29, 0.717) is 6.54 Å². The number of amides is 2. The highest BCUT2D eigenvalue weighted by Gasteiger charge is 2.15. The topological polar surface area (TPSA) is 44.4 Å². The summed E-state index contributed by atoms with van der Waals surface area (Å²) in [5, 5.41) is 8.17. The van der Waals surface area contributed by atoms with Gasteiger partial charge in [0.25, 0.3) is 0 Å². The Bertz CT molecular complexity index is 662. The Kier molecular flexibility index (Phi) is 5.13. The summed E-state index contributed by atoms with van der Waals surface area (Å²) < 4.78 is 0. The molecule has 1 saturated heterocycles. The fourth-order valence-electron chi connectivity index (χ4n) is 3.06. The number of nitrogens with zero attached hydrogens (tertiary/aromatic N) is 1. The van der Waals surface area contributed by atoms with Gasteiger partial charge in [-0.1, -0.05) is 37.3 Å². The predicted octanol–water partition coefficient (Wildman–Crippen LogP) is 3.69. The van der Waals surface area contributed by atoms with Crippen LogP contribution in [-0.4, -0.2) is 37.1 Å². The van der Waals surface area contributed by atoms with Crippen molar-refractivity contribution < 1.29 is 4.79 Å². The first-order chi connectivity index (χ1) is 11.2. The number of hydrogen-bond donors (Lipinski definition) is 2. The third-order valence-corrected chi connectivity index (χ3v) is 4.60. The molecule has 2 aromatic rings. The van der Waals surface area contributed by atoms with Gasteiger partial charge in [0.05, 0.1) is 0 Å². The molecule has 0 spiro atoms. The quantitative estimate of drug-likeness (QED) is 0.904. The van der Waals surface area contributed by atoms with Crippen LogP contribution >= 0.6 is 0 Å². The summed E-state index contributed by atoms with van der Waals surface area (Å²) in [5.41, 5.74) is 0.827. The summed E-state index contributed by atoms with van der Waals surface area (Å²) in [7, 11) is 0. The molecule has 1 aliphatic heterocycles. The third-order valence-electron chi connectivity index (χ3n) is 4.60. The average Bonchev–Trinajstić information content (AvgIpc) is 2.56. The number of urea groups is 1. The summed E-state index contributed by atoms with van der Waals surface area (Å²) in [6, 6.07) is 14.0. The molecule has 0 aliphatic carbocycles. The number of carbonyl (C=O) groups is 1. The first kappa shape index (κ1) is 15.8. The number of likely N-dealkylation sites (tertiary alicyclic amines) is 1. The maximum Gasteiger partial charge on any atom is 0.319 e. The maximum atomic E-state index is 12.0. The van der Waals surface area contributed by atoms with Gasteiger partial charge >= 0.3 is 6.03 Å². The van der Waals surface area contributed by atoms with Crippen LogP contribution in [0.2, 0.25) is 0 Å². The molecule has 0 saturated carbocycles. The monoisotopic (exact) mass is 311 g/mol. The molecule has 4 heteroatoms. The molecule has 2 amide bonds. The lowest BCUT2D eigenvalue weighted by Gasteiger charge is -2.30. The Hall–Kier alpha value is -2.07. The molecule has 3 rings (SSSR count). The fourth-order valence-corrected chi connectivity index (χ4v) is 3.06. The Morgan fingerprint density at radius 2 is 1.87 bits per heavy atom. The molecule has 4 nitrogen and oxygen atoms in total. The zero-order chi connectivity index (χ0) is 16.1. The van der Waals surface area contributed by atoms with Gasteiger partial charge in [-0.05, 0) is 54.8 Å². The highest BCUT2D eigenvalue weighted by molar-refractivity contribution is 5.93. The molecule has 0 bridgehead atoms. The van der Waals surface area contributed by atoms with Crippen LogP contribution in [0.4, 0.5) is 10.5 Å². The van der Waals surface area contributed by atoms with Crippen molar-refractivity contribution in [2.24, 2.45) is 5.92 Å². The van der Waals surface area contributed by atoms with Gasteiger partial charge in [0, 0.05) is 18.8 Å². The van der Waals surface area contributed by atoms with Gasteiger partial charge < -0.3 is 15.5 Å². The predicted molar refractivity (Wildman–Crippen MR) is 95.8 cm³/mol. The number of anilines is 1. The molecule has 2 aromatic carbocycles. The van der Waals surface area contributed by atoms with Gasteiger partial charge in [-0.15, -0.1) is 0 Å². The van der Waals surface area contributed by atoms with E-state index in [1.54, 1.807) is 0 Å². The van der Waals surface area contributed by atoms with Crippen molar-refractivity contribution in [1.29, 1.82) is 0 Å². The van der Waals surface area contributed by atoms with E-state index in [2.05, 4.69) is 34.6 Å². The maximum absolute atomic E-state index is 12.0. The molecule has 0 unspecified atom stereocenters. The van der Waals surface area contributed by atoms with Crippen molar-refractivity contribution in [2.45, 2.75) is 19.8 Å². The van der Waals surface area contributed by atoms with E-state index >= 15 is 0 Å². The van der Waals surface area contributed by atoms with Crippen LogP contribution < -0.4 is 10.6 Å². The minimum atomic E-state index is -0.134. The standard InChI is InChI=1S/C19H25N3O/c1-15-8-11-22(12-9-15)13-10-20-19(23)21-18-7-6-16-4-2-3-5-17(16)14-18/h2-7,14-15H,8-13H2,1H3,(H2,20,21,23). The lowest BCUT2D eigenvalue weighted by molar-refractivity contribution is 0.192. The van der Waals surface area contributed by atoms with Crippen LogP contribution in [0.15, 0.2) is 42.5 Å². The second-order valence-corrected chi connectivity index (χ2v) is 6.47. The molecule has 0 atom stereocenters. The van der Waals surface area contributed by atoms with E-state index < -0.39 is 0 Å². The minimum Gasteiger partial charge on any atom is -0.337 e. The molecular formula is C19H25N3O. The summed E-state index contributed by atoms with van der Waals surface area (Å²) >= 11 is 0. The molecular weight excluding hydrogens is 286 g/mol. The van der Waals surface area contributed by atoms with Gasteiger partial charge in [-0.2, -0.15) is 0 Å². The molecule has 2 N–H and O–H groups in total. The molecule has 0 radical (unpaired) electrons. The number of rotatable bonds is 4. The van der Waals surface area contributed by atoms with Gasteiger partial charge in [0.15, 0.2) is 0 Å².